The molecule has 1 heterocycles. The first kappa shape index (κ1) is 14.7. The fourth-order valence-electron chi connectivity index (χ4n) is 2.11. The Hall–Kier alpha value is -0.690. The van der Waals surface area contributed by atoms with Crippen LogP contribution in [0.3, 0.4) is 0 Å². The van der Waals surface area contributed by atoms with Crippen molar-refractivity contribution in [2.24, 2.45) is 0 Å². The average molecular weight is 354 g/mol. The Kier molecular flexibility index (Phi) is 4.45. The van der Waals surface area contributed by atoms with E-state index >= 15 is 0 Å². The molecule has 1 aromatic carbocycles. The summed E-state index contributed by atoms with van der Waals surface area (Å²) in [6.45, 7) is 1.73. The third-order valence-corrected chi connectivity index (χ3v) is 5.27. The van der Waals surface area contributed by atoms with E-state index in [-0.39, 0.29) is 4.90 Å². The van der Waals surface area contributed by atoms with Gasteiger partial charge in [0.05, 0.1) is 4.90 Å². The number of anilines is 1. The molecule has 106 valence electrons. The van der Waals surface area contributed by atoms with Gasteiger partial charge in [-0.15, -0.1) is 0 Å². The van der Waals surface area contributed by atoms with Gasteiger partial charge in [-0.3, -0.25) is 0 Å². The first-order valence-corrected chi connectivity index (χ1v) is 8.38. The summed E-state index contributed by atoms with van der Waals surface area (Å²) >= 11 is 3.55. The second kappa shape index (κ2) is 5.75. The van der Waals surface area contributed by atoms with Crippen LogP contribution in [0.4, 0.5) is 14.5 Å². The normalized spacial score (nSPS) is 20.8. The lowest BCUT2D eigenvalue weighted by molar-refractivity contribution is 0.234. The molecule has 3 nitrogen and oxygen atoms in total. The Labute approximate surface area is 119 Å². The summed E-state index contributed by atoms with van der Waals surface area (Å²) in [6.07, 6.45) is 2.15. The molecule has 0 aliphatic carbocycles. The number of hydrogen-bond acceptors (Lipinski definition) is 3. The van der Waals surface area contributed by atoms with Gasteiger partial charge in [-0.1, -0.05) is 15.9 Å². The first-order valence-electron chi connectivity index (χ1n) is 5.92. The topological polar surface area (TPSA) is 37.4 Å². The van der Waals surface area contributed by atoms with Crippen molar-refractivity contribution in [2.75, 3.05) is 18.0 Å². The van der Waals surface area contributed by atoms with Crippen LogP contribution < -0.4 is 4.90 Å². The molecule has 1 unspecified atom stereocenters. The number of nitrogens with zero attached hydrogens (tertiary/aromatic N) is 1. The Morgan fingerprint density at radius 2 is 1.89 bits per heavy atom. The standard InChI is InChI=1S/C12H14BrF2NO2S/c13-9-2-1-7-16(8-9)10-3-5-11(6-4-10)19(17,18)12(14)15/h3-6,9,12H,1-2,7-8H2. The summed E-state index contributed by atoms with van der Waals surface area (Å²) in [5, 5.41) is 0. The summed E-state index contributed by atoms with van der Waals surface area (Å²) in [5.41, 5.74) is 0.859. The molecule has 1 aliphatic rings. The van der Waals surface area contributed by atoms with Gasteiger partial charge in [-0.25, -0.2) is 8.42 Å². The van der Waals surface area contributed by atoms with Crippen molar-refractivity contribution in [3.05, 3.63) is 24.3 Å². The monoisotopic (exact) mass is 353 g/mol. The number of benzene rings is 1. The number of rotatable bonds is 3. The number of hydrogen-bond donors (Lipinski definition) is 0. The molecule has 0 bridgehead atoms. The highest BCUT2D eigenvalue weighted by Gasteiger charge is 2.26. The minimum atomic E-state index is -4.50. The minimum absolute atomic E-state index is 0.335. The van der Waals surface area contributed by atoms with E-state index in [0.29, 0.717) is 4.83 Å². The highest BCUT2D eigenvalue weighted by atomic mass is 79.9. The van der Waals surface area contributed by atoms with Crippen LogP contribution in [0.15, 0.2) is 29.2 Å². The van der Waals surface area contributed by atoms with Gasteiger partial charge in [0.15, 0.2) is 0 Å². The average Bonchev–Trinajstić information content (AvgIpc) is 2.38. The number of sulfone groups is 1. The lowest BCUT2D eigenvalue weighted by atomic mass is 10.1. The molecule has 19 heavy (non-hydrogen) atoms. The third kappa shape index (κ3) is 3.25. The largest absolute Gasteiger partial charge is 0.370 e. The molecule has 1 aliphatic heterocycles. The molecule has 1 atom stereocenters. The van der Waals surface area contributed by atoms with Crippen molar-refractivity contribution in [2.45, 2.75) is 28.3 Å². The summed E-state index contributed by atoms with van der Waals surface area (Å²) in [6, 6.07) is 5.66. The van der Waals surface area contributed by atoms with Gasteiger partial charge < -0.3 is 4.90 Å². The molecular weight excluding hydrogens is 340 g/mol. The van der Waals surface area contributed by atoms with Crippen LogP contribution in [0.5, 0.6) is 0 Å². The second-order valence-corrected chi connectivity index (χ2v) is 7.70. The van der Waals surface area contributed by atoms with Crippen LogP contribution >= 0.6 is 15.9 Å². The molecule has 0 aromatic heterocycles. The molecule has 1 saturated heterocycles. The van der Waals surface area contributed by atoms with E-state index in [1.54, 1.807) is 12.1 Å². The van der Waals surface area contributed by atoms with Gasteiger partial charge in [0, 0.05) is 23.6 Å². The zero-order chi connectivity index (χ0) is 14.0. The van der Waals surface area contributed by atoms with Crippen LogP contribution in [0, 0.1) is 0 Å². The summed E-state index contributed by atoms with van der Waals surface area (Å²) < 4.78 is 47.4. The van der Waals surface area contributed by atoms with Crippen LogP contribution in [0.2, 0.25) is 0 Å². The predicted molar refractivity (Wildman–Crippen MR) is 73.8 cm³/mol. The maximum absolute atomic E-state index is 12.4. The van der Waals surface area contributed by atoms with E-state index in [2.05, 4.69) is 20.8 Å². The molecule has 2 rings (SSSR count). The van der Waals surface area contributed by atoms with Crippen molar-refractivity contribution in [1.29, 1.82) is 0 Å². The fraction of sp³-hybridized carbons (Fsp3) is 0.500. The van der Waals surface area contributed by atoms with Crippen molar-refractivity contribution in [3.63, 3.8) is 0 Å². The van der Waals surface area contributed by atoms with E-state index in [1.807, 2.05) is 0 Å². The van der Waals surface area contributed by atoms with E-state index in [0.717, 1.165) is 31.6 Å². The number of alkyl halides is 3. The van der Waals surface area contributed by atoms with Crippen molar-refractivity contribution >= 4 is 31.5 Å². The summed E-state index contributed by atoms with van der Waals surface area (Å²) in [4.78, 5) is 2.19. The number of halogens is 3. The highest BCUT2D eigenvalue weighted by molar-refractivity contribution is 9.09. The maximum atomic E-state index is 12.4. The molecule has 0 radical (unpaired) electrons. The Morgan fingerprint density at radius 1 is 1.26 bits per heavy atom. The van der Waals surface area contributed by atoms with E-state index in [4.69, 9.17) is 0 Å². The Bertz CT molecular complexity index is 533. The van der Waals surface area contributed by atoms with E-state index in [9.17, 15) is 17.2 Å². The number of piperidine rings is 1. The molecule has 7 heteroatoms. The van der Waals surface area contributed by atoms with Crippen LogP contribution in [0.1, 0.15) is 12.8 Å². The Morgan fingerprint density at radius 3 is 2.42 bits per heavy atom. The van der Waals surface area contributed by atoms with E-state index in [1.165, 1.54) is 12.1 Å². The molecular formula is C12H14BrF2NO2S. The quantitative estimate of drug-likeness (QED) is 0.783. The molecule has 1 fully saturated rings. The summed E-state index contributed by atoms with van der Waals surface area (Å²) in [7, 11) is -4.50. The van der Waals surface area contributed by atoms with Gasteiger partial charge in [-0.2, -0.15) is 8.78 Å². The zero-order valence-corrected chi connectivity index (χ0v) is 12.5. The van der Waals surface area contributed by atoms with Gasteiger partial charge in [-0.05, 0) is 37.1 Å². The van der Waals surface area contributed by atoms with Gasteiger partial charge >= 0.3 is 5.76 Å². The Balaban J connectivity index is 2.19. The van der Waals surface area contributed by atoms with Crippen molar-refractivity contribution in [1.82, 2.24) is 0 Å². The first-order chi connectivity index (χ1) is 8.91. The van der Waals surface area contributed by atoms with Gasteiger partial charge in [0.25, 0.3) is 0 Å². The molecule has 1 aromatic rings. The molecule has 0 amide bonds. The predicted octanol–water partition coefficient (Wildman–Crippen LogP) is 3.05. The lowest BCUT2D eigenvalue weighted by Gasteiger charge is -2.32. The second-order valence-electron chi connectivity index (χ2n) is 4.49. The minimum Gasteiger partial charge on any atom is -0.370 e. The molecule has 0 saturated carbocycles. The van der Waals surface area contributed by atoms with Crippen LogP contribution in [-0.4, -0.2) is 32.1 Å². The third-order valence-electron chi connectivity index (χ3n) is 3.13. The lowest BCUT2D eigenvalue weighted by Crippen LogP contribution is -2.35. The van der Waals surface area contributed by atoms with Crippen molar-refractivity contribution in [3.8, 4) is 0 Å². The molecule has 0 N–H and O–H groups in total. The van der Waals surface area contributed by atoms with Gasteiger partial charge in [0.2, 0.25) is 9.84 Å². The zero-order valence-electron chi connectivity index (χ0n) is 10.1. The van der Waals surface area contributed by atoms with Crippen molar-refractivity contribution < 1.29 is 17.2 Å². The summed E-state index contributed by atoms with van der Waals surface area (Å²) in [5.74, 6) is -3.37. The smallest absolute Gasteiger partial charge is 0.341 e. The fourth-order valence-corrected chi connectivity index (χ4v) is 3.50. The van der Waals surface area contributed by atoms with Crippen LogP contribution in [-0.2, 0) is 9.84 Å². The molecule has 0 spiro atoms. The SMILES string of the molecule is O=S(=O)(c1ccc(N2CCCC(Br)C2)cc1)C(F)F. The maximum Gasteiger partial charge on any atom is 0.341 e. The van der Waals surface area contributed by atoms with Gasteiger partial charge in [0.1, 0.15) is 0 Å². The van der Waals surface area contributed by atoms with Crippen LogP contribution in [0.25, 0.3) is 0 Å². The highest BCUT2D eigenvalue weighted by Crippen LogP contribution is 2.26. The van der Waals surface area contributed by atoms with E-state index < -0.39 is 15.6 Å².